The third-order valence-corrected chi connectivity index (χ3v) is 5.57. The van der Waals surface area contributed by atoms with E-state index in [1.165, 1.54) is 16.8 Å². The Morgan fingerprint density at radius 2 is 2.08 bits per heavy atom. The summed E-state index contributed by atoms with van der Waals surface area (Å²) in [6, 6.07) is 10.3. The minimum atomic E-state index is -0.786. The predicted molar refractivity (Wildman–Crippen MR) is 104 cm³/mol. The highest BCUT2D eigenvalue weighted by Gasteiger charge is 2.35. The Labute approximate surface area is 153 Å². The number of carbonyl (C=O) groups is 1. The third kappa shape index (κ3) is 2.72. The van der Waals surface area contributed by atoms with Gasteiger partial charge in [0.05, 0.1) is 6.17 Å². The van der Waals surface area contributed by atoms with E-state index in [2.05, 4.69) is 49.6 Å². The van der Waals surface area contributed by atoms with Gasteiger partial charge in [0.2, 0.25) is 0 Å². The van der Waals surface area contributed by atoms with Crippen molar-refractivity contribution in [1.82, 2.24) is 5.32 Å². The molecule has 5 heteroatoms. The van der Waals surface area contributed by atoms with Crippen molar-refractivity contribution in [1.29, 1.82) is 0 Å². The van der Waals surface area contributed by atoms with Gasteiger partial charge in [-0.3, -0.25) is 5.32 Å². The molecule has 136 valence electrons. The first-order valence-corrected chi connectivity index (χ1v) is 9.20. The van der Waals surface area contributed by atoms with Crippen molar-refractivity contribution < 1.29 is 9.53 Å². The standard InChI is InChI=1S/C21H25N3O2/c1-11(2)14-5-7-18(26-21(22)25)19(12(14)3)13-4-6-17-16(10-13)15-8-9-23-20(15)24-17/h4-7,10-11,15,20,23-24H,8-9H2,1-3H3,(H2,22,25)/t15-,20?/m0/s1. The molecule has 2 aliphatic rings. The van der Waals surface area contributed by atoms with E-state index in [0.29, 0.717) is 23.8 Å². The first-order chi connectivity index (χ1) is 12.5. The van der Waals surface area contributed by atoms with Crippen LogP contribution in [0.15, 0.2) is 30.3 Å². The monoisotopic (exact) mass is 351 g/mol. The van der Waals surface area contributed by atoms with Crippen molar-refractivity contribution in [3.8, 4) is 16.9 Å². The van der Waals surface area contributed by atoms with Crippen LogP contribution in [0.5, 0.6) is 5.75 Å². The van der Waals surface area contributed by atoms with Crippen molar-refractivity contribution in [2.75, 3.05) is 11.9 Å². The molecule has 2 heterocycles. The van der Waals surface area contributed by atoms with Crippen LogP contribution in [0.4, 0.5) is 10.5 Å². The number of anilines is 1. The molecule has 1 amide bonds. The highest BCUT2D eigenvalue weighted by atomic mass is 16.5. The second-order valence-corrected chi connectivity index (χ2v) is 7.50. The van der Waals surface area contributed by atoms with Gasteiger partial charge in [0.15, 0.2) is 0 Å². The lowest BCUT2D eigenvalue weighted by Crippen LogP contribution is -2.29. The molecule has 0 spiro atoms. The molecular formula is C21H25N3O2. The quantitative estimate of drug-likeness (QED) is 0.779. The number of nitrogens with one attached hydrogen (secondary N) is 2. The summed E-state index contributed by atoms with van der Waals surface area (Å²) in [5, 5.41) is 7.05. The Morgan fingerprint density at radius 1 is 1.27 bits per heavy atom. The van der Waals surface area contributed by atoms with Crippen LogP contribution in [0.1, 0.15) is 48.8 Å². The second kappa shape index (κ2) is 6.32. The maximum atomic E-state index is 11.4. The average Bonchev–Trinajstić information content (AvgIpc) is 3.15. The van der Waals surface area contributed by atoms with Gasteiger partial charge in [0.25, 0.3) is 0 Å². The number of rotatable bonds is 3. The molecule has 1 saturated heterocycles. The first kappa shape index (κ1) is 16.9. The van der Waals surface area contributed by atoms with E-state index >= 15 is 0 Å². The summed E-state index contributed by atoms with van der Waals surface area (Å²) in [4.78, 5) is 11.4. The van der Waals surface area contributed by atoms with Crippen molar-refractivity contribution in [3.05, 3.63) is 47.0 Å². The Balaban J connectivity index is 1.85. The molecule has 1 fully saturated rings. The predicted octanol–water partition coefficient (Wildman–Crippen LogP) is 4.07. The van der Waals surface area contributed by atoms with Crippen LogP contribution < -0.4 is 21.1 Å². The Bertz CT molecular complexity index is 876. The number of benzene rings is 2. The molecule has 5 nitrogen and oxygen atoms in total. The largest absolute Gasteiger partial charge is 0.410 e. The summed E-state index contributed by atoms with van der Waals surface area (Å²) in [6.07, 6.45) is 0.666. The summed E-state index contributed by atoms with van der Waals surface area (Å²) in [5.74, 6) is 1.39. The van der Waals surface area contributed by atoms with Crippen molar-refractivity contribution in [3.63, 3.8) is 0 Å². The Kier molecular flexibility index (Phi) is 4.11. The number of hydrogen-bond donors (Lipinski definition) is 3. The van der Waals surface area contributed by atoms with Crippen LogP contribution in [0, 0.1) is 6.92 Å². The molecule has 0 aliphatic carbocycles. The van der Waals surface area contributed by atoms with Crippen LogP contribution >= 0.6 is 0 Å². The SMILES string of the molecule is Cc1c(C(C)C)ccc(OC(N)=O)c1-c1ccc2c(c1)[C@@H]1CCNC1N2. The Morgan fingerprint density at radius 3 is 2.81 bits per heavy atom. The van der Waals surface area contributed by atoms with Crippen LogP contribution in [0.2, 0.25) is 0 Å². The summed E-state index contributed by atoms with van der Waals surface area (Å²) < 4.78 is 5.33. The molecule has 4 N–H and O–H groups in total. The highest BCUT2D eigenvalue weighted by molar-refractivity contribution is 5.81. The number of primary amides is 1. The second-order valence-electron chi connectivity index (χ2n) is 7.50. The smallest absolute Gasteiger partial charge is 0.409 e. The summed E-state index contributed by atoms with van der Waals surface area (Å²) in [5.41, 5.74) is 12.2. The molecular weight excluding hydrogens is 326 g/mol. The third-order valence-electron chi connectivity index (χ3n) is 5.57. The minimum absolute atomic E-state index is 0.324. The topological polar surface area (TPSA) is 76.4 Å². The lowest BCUT2D eigenvalue weighted by molar-refractivity contribution is 0.211. The zero-order valence-corrected chi connectivity index (χ0v) is 15.4. The maximum Gasteiger partial charge on any atom is 0.409 e. The lowest BCUT2D eigenvalue weighted by atomic mass is 9.88. The van der Waals surface area contributed by atoms with Gasteiger partial charge in [-0.25, -0.2) is 4.79 Å². The van der Waals surface area contributed by atoms with E-state index in [9.17, 15) is 4.79 Å². The van der Waals surface area contributed by atoms with Crippen molar-refractivity contribution >= 4 is 11.8 Å². The average molecular weight is 351 g/mol. The first-order valence-electron chi connectivity index (χ1n) is 9.20. The number of carbonyl (C=O) groups excluding carboxylic acids is 1. The minimum Gasteiger partial charge on any atom is -0.410 e. The number of nitrogens with two attached hydrogens (primary N) is 1. The van der Waals surface area contributed by atoms with E-state index < -0.39 is 6.09 Å². The van der Waals surface area contributed by atoms with Crippen LogP contribution in [0.3, 0.4) is 0 Å². The van der Waals surface area contributed by atoms with E-state index in [0.717, 1.165) is 29.7 Å². The molecule has 2 aromatic carbocycles. The molecule has 4 rings (SSSR count). The van der Waals surface area contributed by atoms with Gasteiger partial charge in [-0.05, 0) is 66.3 Å². The van der Waals surface area contributed by atoms with E-state index in [-0.39, 0.29) is 0 Å². The molecule has 2 aromatic rings. The van der Waals surface area contributed by atoms with Gasteiger partial charge in [-0.2, -0.15) is 0 Å². The van der Waals surface area contributed by atoms with E-state index in [4.69, 9.17) is 10.5 Å². The van der Waals surface area contributed by atoms with Gasteiger partial charge in [0.1, 0.15) is 5.75 Å². The highest BCUT2D eigenvalue weighted by Crippen LogP contribution is 2.44. The van der Waals surface area contributed by atoms with Gasteiger partial charge in [0, 0.05) is 17.2 Å². The number of ether oxygens (including phenoxy) is 1. The molecule has 1 unspecified atom stereocenters. The number of hydrogen-bond acceptors (Lipinski definition) is 4. The molecule has 2 atom stereocenters. The van der Waals surface area contributed by atoms with Crippen molar-refractivity contribution in [2.24, 2.45) is 5.73 Å². The molecule has 0 saturated carbocycles. The number of amides is 1. The molecule has 2 aliphatic heterocycles. The van der Waals surface area contributed by atoms with Crippen molar-refractivity contribution in [2.45, 2.75) is 45.2 Å². The summed E-state index contributed by atoms with van der Waals surface area (Å²) in [7, 11) is 0. The normalized spacial score (nSPS) is 20.6. The van der Waals surface area contributed by atoms with Crippen LogP contribution in [-0.2, 0) is 0 Å². The van der Waals surface area contributed by atoms with Gasteiger partial charge >= 0.3 is 6.09 Å². The van der Waals surface area contributed by atoms with Gasteiger partial charge in [-0.1, -0.05) is 26.0 Å². The van der Waals surface area contributed by atoms with Crippen LogP contribution in [0.25, 0.3) is 11.1 Å². The number of fused-ring (bicyclic) bond motifs is 3. The molecule has 0 bridgehead atoms. The van der Waals surface area contributed by atoms with E-state index in [1.54, 1.807) is 0 Å². The zero-order valence-electron chi connectivity index (χ0n) is 15.4. The molecule has 0 aromatic heterocycles. The van der Waals surface area contributed by atoms with E-state index in [1.807, 2.05) is 12.1 Å². The molecule has 26 heavy (non-hydrogen) atoms. The fourth-order valence-electron chi connectivity index (χ4n) is 4.39. The maximum absolute atomic E-state index is 11.4. The fraction of sp³-hybridized carbons (Fsp3) is 0.381. The summed E-state index contributed by atoms with van der Waals surface area (Å²) >= 11 is 0. The molecule has 0 radical (unpaired) electrons. The Hall–Kier alpha value is -2.53. The summed E-state index contributed by atoms with van der Waals surface area (Å²) in [6.45, 7) is 7.46. The lowest BCUT2D eigenvalue weighted by Gasteiger charge is -2.19. The van der Waals surface area contributed by atoms with Crippen LogP contribution in [-0.4, -0.2) is 18.8 Å². The zero-order chi connectivity index (χ0) is 18.4. The van der Waals surface area contributed by atoms with Gasteiger partial charge < -0.3 is 15.8 Å². The van der Waals surface area contributed by atoms with Gasteiger partial charge in [-0.15, -0.1) is 0 Å². The fourth-order valence-corrected chi connectivity index (χ4v) is 4.39.